The number of carbonyl (C=O) groups is 1. The number of hydrogen-bond acceptors (Lipinski definition) is 1. The van der Waals surface area contributed by atoms with Crippen molar-refractivity contribution < 1.29 is 4.79 Å². The highest BCUT2D eigenvalue weighted by atomic mass is 16.1. The summed E-state index contributed by atoms with van der Waals surface area (Å²) in [6, 6.07) is 0. The van der Waals surface area contributed by atoms with E-state index in [1.807, 2.05) is 13.0 Å². The molecule has 1 rings (SSSR count). The summed E-state index contributed by atoms with van der Waals surface area (Å²) < 4.78 is 0. The van der Waals surface area contributed by atoms with Gasteiger partial charge in [0.05, 0.1) is 0 Å². The fraction of sp³-hybridized carbons (Fsp3) is 0.500. The molecule has 15 heavy (non-hydrogen) atoms. The zero-order chi connectivity index (χ0) is 11.3. The van der Waals surface area contributed by atoms with Crippen molar-refractivity contribution in [3.05, 3.63) is 24.3 Å². The fourth-order valence-corrected chi connectivity index (χ4v) is 2.05. The largest absolute Gasteiger partial charge is 0.295 e. The molecule has 80 valence electrons. The van der Waals surface area contributed by atoms with Crippen molar-refractivity contribution in [1.29, 1.82) is 0 Å². The molecule has 0 amide bonds. The molecule has 0 fully saturated rings. The molecule has 1 atom stereocenters. The van der Waals surface area contributed by atoms with Crippen molar-refractivity contribution in [2.75, 3.05) is 0 Å². The minimum atomic E-state index is 0.0108. The van der Waals surface area contributed by atoms with Gasteiger partial charge in [-0.25, -0.2) is 0 Å². The summed E-state index contributed by atoms with van der Waals surface area (Å²) in [6.07, 6.45) is 7.16. The molecule has 0 bridgehead atoms. The van der Waals surface area contributed by atoms with E-state index in [1.165, 1.54) is 0 Å². The molecule has 0 spiro atoms. The fourth-order valence-electron chi connectivity index (χ4n) is 2.05. The van der Waals surface area contributed by atoms with E-state index in [4.69, 9.17) is 0 Å². The van der Waals surface area contributed by atoms with Crippen molar-refractivity contribution in [2.24, 2.45) is 5.41 Å². The number of carbonyl (C=O) groups excluding carboxylic acids is 1. The molecule has 0 radical (unpaired) electrons. The summed E-state index contributed by atoms with van der Waals surface area (Å²) in [5.74, 6) is 6.18. The maximum absolute atomic E-state index is 11.5. The van der Waals surface area contributed by atoms with E-state index in [0.29, 0.717) is 6.42 Å². The van der Waals surface area contributed by atoms with E-state index in [2.05, 4.69) is 25.3 Å². The van der Waals surface area contributed by atoms with Crippen LogP contribution in [-0.2, 0) is 4.79 Å². The van der Waals surface area contributed by atoms with Gasteiger partial charge in [-0.05, 0) is 32.3 Å². The van der Waals surface area contributed by atoms with Gasteiger partial charge in [0.2, 0.25) is 0 Å². The lowest BCUT2D eigenvalue weighted by Crippen LogP contribution is -2.17. The molecule has 0 aromatic carbocycles. The summed E-state index contributed by atoms with van der Waals surface area (Å²) >= 11 is 0. The average Bonchev–Trinajstić information content (AvgIpc) is 2.29. The molecule has 0 aromatic rings. The quantitative estimate of drug-likeness (QED) is 0.496. The summed E-state index contributed by atoms with van der Waals surface area (Å²) in [4.78, 5) is 11.5. The molecule has 0 saturated heterocycles. The van der Waals surface area contributed by atoms with Crippen LogP contribution in [0.25, 0.3) is 0 Å². The molecule has 0 aliphatic heterocycles. The standard InChI is InChI=1S/C14H18O/c1-4-7-12-11-13(15)8-6-10-14(12,3)9-5-2/h5,11H,2,6,8-10H2,1,3H3/t14-/m1/s1. The van der Waals surface area contributed by atoms with Gasteiger partial charge in [-0.2, -0.15) is 0 Å². The first-order valence-electron chi connectivity index (χ1n) is 5.41. The predicted octanol–water partition coefficient (Wildman–Crippen LogP) is 3.27. The van der Waals surface area contributed by atoms with Gasteiger partial charge in [0.25, 0.3) is 0 Å². The average molecular weight is 202 g/mol. The number of rotatable bonds is 2. The van der Waals surface area contributed by atoms with Crippen LogP contribution in [0, 0.1) is 17.3 Å². The molecular formula is C14H18O. The van der Waals surface area contributed by atoms with Crippen molar-refractivity contribution in [2.45, 2.75) is 39.5 Å². The second-order valence-electron chi connectivity index (χ2n) is 4.31. The minimum Gasteiger partial charge on any atom is -0.295 e. The third-order valence-corrected chi connectivity index (χ3v) is 2.96. The van der Waals surface area contributed by atoms with Crippen LogP contribution in [-0.4, -0.2) is 5.78 Å². The molecule has 1 aliphatic rings. The van der Waals surface area contributed by atoms with Crippen LogP contribution in [0.5, 0.6) is 0 Å². The Morgan fingerprint density at radius 1 is 1.67 bits per heavy atom. The maximum atomic E-state index is 11.5. The lowest BCUT2D eigenvalue weighted by atomic mass is 9.76. The Morgan fingerprint density at radius 3 is 3.00 bits per heavy atom. The van der Waals surface area contributed by atoms with Gasteiger partial charge in [-0.15, -0.1) is 12.5 Å². The number of allylic oxidation sites excluding steroid dienone is 3. The zero-order valence-electron chi connectivity index (χ0n) is 9.60. The smallest absolute Gasteiger partial charge is 0.156 e. The van der Waals surface area contributed by atoms with Gasteiger partial charge in [0.1, 0.15) is 0 Å². The summed E-state index contributed by atoms with van der Waals surface area (Å²) in [7, 11) is 0. The van der Waals surface area contributed by atoms with E-state index >= 15 is 0 Å². The van der Waals surface area contributed by atoms with Crippen LogP contribution in [0.15, 0.2) is 24.3 Å². The van der Waals surface area contributed by atoms with Crippen LogP contribution in [0.4, 0.5) is 0 Å². The molecule has 0 saturated carbocycles. The first kappa shape index (κ1) is 11.8. The summed E-state index contributed by atoms with van der Waals surface area (Å²) in [5.41, 5.74) is 0.990. The monoisotopic (exact) mass is 202 g/mol. The Balaban J connectivity index is 3.09. The van der Waals surface area contributed by atoms with Crippen LogP contribution in [0.1, 0.15) is 39.5 Å². The van der Waals surface area contributed by atoms with Crippen molar-refractivity contribution in [3.8, 4) is 11.8 Å². The molecule has 0 unspecified atom stereocenters. The Hall–Kier alpha value is -1.29. The highest BCUT2D eigenvalue weighted by molar-refractivity contribution is 5.91. The van der Waals surface area contributed by atoms with E-state index in [-0.39, 0.29) is 11.2 Å². The van der Waals surface area contributed by atoms with E-state index in [0.717, 1.165) is 24.8 Å². The minimum absolute atomic E-state index is 0.0108. The van der Waals surface area contributed by atoms with Crippen LogP contribution >= 0.6 is 0 Å². The zero-order valence-corrected chi connectivity index (χ0v) is 9.60. The Morgan fingerprint density at radius 2 is 2.40 bits per heavy atom. The molecule has 1 nitrogen and oxygen atoms in total. The van der Waals surface area contributed by atoms with Gasteiger partial charge in [0, 0.05) is 17.4 Å². The maximum Gasteiger partial charge on any atom is 0.156 e. The van der Waals surface area contributed by atoms with Crippen molar-refractivity contribution in [1.82, 2.24) is 0 Å². The Bertz CT molecular complexity index is 351. The number of hydrogen-bond donors (Lipinski definition) is 0. The highest BCUT2D eigenvalue weighted by Gasteiger charge is 2.29. The van der Waals surface area contributed by atoms with Crippen molar-refractivity contribution >= 4 is 5.78 Å². The molecule has 1 aliphatic carbocycles. The third kappa shape index (κ3) is 2.83. The third-order valence-electron chi connectivity index (χ3n) is 2.96. The normalized spacial score (nSPS) is 26.0. The van der Waals surface area contributed by atoms with E-state index < -0.39 is 0 Å². The second-order valence-corrected chi connectivity index (χ2v) is 4.31. The second kappa shape index (κ2) is 4.98. The molecule has 1 heteroatoms. The van der Waals surface area contributed by atoms with E-state index in [1.54, 1.807) is 6.08 Å². The lowest BCUT2D eigenvalue weighted by molar-refractivity contribution is -0.114. The topological polar surface area (TPSA) is 17.1 Å². The van der Waals surface area contributed by atoms with Crippen LogP contribution in [0.3, 0.4) is 0 Å². The molecule has 0 N–H and O–H groups in total. The van der Waals surface area contributed by atoms with Gasteiger partial charge in [0.15, 0.2) is 5.78 Å². The Labute approximate surface area is 92.3 Å². The summed E-state index contributed by atoms with van der Waals surface area (Å²) in [6.45, 7) is 7.76. The van der Waals surface area contributed by atoms with Gasteiger partial charge in [-0.3, -0.25) is 4.79 Å². The first-order chi connectivity index (χ1) is 7.12. The SMILES string of the molecule is C=CC[C@]1(C)CCCC(=O)C=C1C#CC. The van der Waals surface area contributed by atoms with Gasteiger partial charge < -0.3 is 0 Å². The predicted molar refractivity (Wildman–Crippen MR) is 63.3 cm³/mol. The van der Waals surface area contributed by atoms with Gasteiger partial charge in [-0.1, -0.05) is 18.9 Å². The van der Waals surface area contributed by atoms with Crippen molar-refractivity contribution in [3.63, 3.8) is 0 Å². The number of ketones is 1. The van der Waals surface area contributed by atoms with Gasteiger partial charge >= 0.3 is 0 Å². The van der Waals surface area contributed by atoms with Crippen LogP contribution < -0.4 is 0 Å². The molecule has 0 heterocycles. The Kier molecular flexibility index (Phi) is 3.91. The highest BCUT2D eigenvalue weighted by Crippen LogP contribution is 2.38. The lowest BCUT2D eigenvalue weighted by Gasteiger charge is -2.27. The van der Waals surface area contributed by atoms with E-state index in [9.17, 15) is 4.79 Å². The molecular weight excluding hydrogens is 184 g/mol. The molecule has 0 aromatic heterocycles. The summed E-state index contributed by atoms with van der Waals surface area (Å²) in [5, 5.41) is 0. The van der Waals surface area contributed by atoms with Crippen LogP contribution in [0.2, 0.25) is 0 Å². The first-order valence-corrected chi connectivity index (χ1v) is 5.41.